The van der Waals surface area contributed by atoms with Crippen LogP contribution in [0.5, 0.6) is 0 Å². The Morgan fingerprint density at radius 3 is 2.69 bits per heavy atom. The molecule has 16 heavy (non-hydrogen) atoms. The molecule has 0 aromatic carbocycles. The van der Waals surface area contributed by atoms with E-state index in [1.54, 1.807) is 0 Å². The number of nitrogens with zero attached hydrogens (tertiary/aromatic N) is 2. The molecule has 7 heteroatoms. The van der Waals surface area contributed by atoms with Gasteiger partial charge in [-0.2, -0.15) is 0 Å². The summed E-state index contributed by atoms with van der Waals surface area (Å²) in [7, 11) is 1.53. The van der Waals surface area contributed by atoms with Crippen LogP contribution in [0.15, 0.2) is 6.07 Å². The van der Waals surface area contributed by atoms with Crippen molar-refractivity contribution in [3.63, 3.8) is 0 Å². The largest absolute Gasteiger partial charge is 0.394 e. The zero-order chi connectivity index (χ0) is 12.0. The maximum absolute atomic E-state index is 8.91. The number of nitrogens with two attached hydrogens (primary N) is 1. The number of ether oxygens (including phenoxy) is 1. The molecular weight excluding hydrogens is 212 g/mol. The highest BCUT2D eigenvalue weighted by Gasteiger charge is 2.08. The zero-order valence-corrected chi connectivity index (χ0v) is 9.05. The minimum absolute atomic E-state index is 0.194. The van der Waals surface area contributed by atoms with Gasteiger partial charge in [0.25, 0.3) is 0 Å². The molecule has 0 saturated heterocycles. The fourth-order valence-corrected chi connectivity index (χ4v) is 1.14. The quantitative estimate of drug-likeness (QED) is 0.492. The number of methoxy groups -OCH3 is 1. The van der Waals surface area contributed by atoms with E-state index in [2.05, 4.69) is 15.3 Å². The van der Waals surface area contributed by atoms with Gasteiger partial charge in [0.15, 0.2) is 5.82 Å². The van der Waals surface area contributed by atoms with Crippen LogP contribution in [0.4, 0.5) is 11.6 Å². The summed E-state index contributed by atoms with van der Waals surface area (Å²) in [6, 6.07) is 1.06. The lowest BCUT2D eigenvalue weighted by atomic mass is 10.3. The van der Waals surface area contributed by atoms with E-state index in [-0.39, 0.29) is 19.8 Å². The summed E-state index contributed by atoms with van der Waals surface area (Å²) in [5.74, 6) is 1.20. The predicted molar refractivity (Wildman–Crippen MR) is 58.7 cm³/mol. The molecule has 0 bridgehead atoms. The van der Waals surface area contributed by atoms with Crippen LogP contribution < -0.4 is 11.1 Å². The van der Waals surface area contributed by atoms with Gasteiger partial charge in [0.1, 0.15) is 18.2 Å². The maximum Gasteiger partial charge on any atom is 0.158 e. The molecule has 1 aromatic heterocycles. The summed E-state index contributed by atoms with van der Waals surface area (Å²) in [6.45, 7) is -0.136. The zero-order valence-electron chi connectivity index (χ0n) is 9.05. The molecule has 1 aromatic rings. The second-order valence-corrected chi connectivity index (χ2v) is 3.23. The van der Waals surface area contributed by atoms with Gasteiger partial charge in [0, 0.05) is 13.2 Å². The lowest BCUT2D eigenvalue weighted by molar-refractivity contribution is 0.178. The number of aliphatic hydroxyl groups excluding tert-OH is 2. The van der Waals surface area contributed by atoms with Crippen LogP contribution in [0, 0.1) is 0 Å². The summed E-state index contributed by atoms with van der Waals surface area (Å²) in [5, 5.41) is 20.6. The molecule has 0 unspecified atom stereocenters. The number of nitrogen functional groups attached to an aromatic ring is 1. The first kappa shape index (κ1) is 12.6. The van der Waals surface area contributed by atoms with E-state index >= 15 is 0 Å². The van der Waals surface area contributed by atoms with Crippen LogP contribution in [0.3, 0.4) is 0 Å². The van der Waals surface area contributed by atoms with Gasteiger partial charge in [-0.15, -0.1) is 0 Å². The number of aliphatic hydroxyl groups is 2. The van der Waals surface area contributed by atoms with Crippen molar-refractivity contribution in [2.75, 3.05) is 31.4 Å². The minimum Gasteiger partial charge on any atom is -0.394 e. The average Bonchev–Trinajstić information content (AvgIpc) is 2.25. The molecule has 5 N–H and O–H groups in total. The van der Waals surface area contributed by atoms with E-state index in [1.807, 2.05) is 0 Å². The SMILES string of the molecule is COCc1nc(N)cc(NC(CO)CO)n1. The van der Waals surface area contributed by atoms with Gasteiger partial charge in [0.2, 0.25) is 0 Å². The second-order valence-electron chi connectivity index (χ2n) is 3.23. The molecule has 1 heterocycles. The lowest BCUT2D eigenvalue weighted by Crippen LogP contribution is -2.28. The third-order valence-electron chi connectivity index (χ3n) is 1.86. The van der Waals surface area contributed by atoms with Crippen molar-refractivity contribution in [2.24, 2.45) is 0 Å². The highest BCUT2D eigenvalue weighted by molar-refractivity contribution is 5.45. The summed E-state index contributed by atoms with van der Waals surface area (Å²) in [6.07, 6.45) is 0. The first-order valence-electron chi connectivity index (χ1n) is 4.80. The van der Waals surface area contributed by atoms with Gasteiger partial charge < -0.3 is 26.0 Å². The molecule has 0 aliphatic rings. The Hall–Kier alpha value is -1.44. The van der Waals surface area contributed by atoms with Gasteiger partial charge in [-0.05, 0) is 0 Å². The summed E-state index contributed by atoms with van der Waals surface area (Å²) in [4.78, 5) is 8.07. The number of anilines is 2. The van der Waals surface area contributed by atoms with Crippen molar-refractivity contribution < 1.29 is 14.9 Å². The van der Waals surface area contributed by atoms with Crippen molar-refractivity contribution in [1.29, 1.82) is 0 Å². The van der Waals surface area contributed by atoms with Crippen molar-refractivity contribution in [3.05, 3.63) is 11.9 Å². The Bertz CT molecular complexity index is 331. The topological polar surface area (TPSA) is 114 Å². The standard InChI is InChI=1S/C9H16N4O3/c1-16-5-9-12-7(10)2-8(13-9)11-6(3-14)4-15/h2,6,14-15H,3-5H2,1H3,(H3,10,11,12,13). The van der Waals surface area contributed by atoms with Gasteiger partial charge >= 0.3 is 0 Å². The summed E-state index contributed by atoms with van der Waals surface area (Å²) in [5.41, 5.74) is 5.58. The highest BCUT2D eigenvalue weighted by Crippen LogP contribution is 2.10. The number of aromatic nitrogens is 2. The van der Waals surface area contributed by atoms with Gasteiger partial charge in [0.05, 0.1) is 19.3 Å². The first-order chi connectivity index (χ1) is 7.69. The molecule has 0 saturated carbocycles. The fourth-order valence-electron chi connectivity index (χ4n) is 1.14. The Balaban J connectivity index is 2.78. The number of nitrogens with one attached hydrogen (secondary N) is 1. The van der Waals surface area contributed by atoms with Gasteiger partial charge in [-0.3, -0.25) is 0 Å². The van der Waals surface area contributed by atoms with Crippen LogP contribution >= 0.6 is 0 Å². The Kier molecular flexibility index (Phi) is 4.90. The normalized spacial score (nSPS) is 10.8. The van der Waals surface area contributed by atoms with E-state index in [0.29, 0.717) is 17.5 Å². The maximum atomic E-state index is 8.91. The number of hydrogen-bond donors (Lipinski definition) is 4. The van der Waals surface area contributed by atoms with Crippen molar-refractivity contribution >= 4 is 11.6 Å². The molecule has 7 nitrogen and oxygen atoms in total. The fraction of sp³-hybridized carbons (Fsp3) is 0.556. The third kappa shape index (κ3) is 3.61. The molecule has 0 aliphatic heterocycles. The Morgan fingerprint density at radius 2 is 2.12 bits per heavy atom. The molecule has 0 radical (unpaired) electrons. The summed E-state index contributed by atoms with van der Waals surface area (Å²) >= 11 is 0. The molecule has 0 atom stereocenters. The summed E-state index contributed by atoms with van der Waals surface area (Å²) < 4.78 is 4.89. The molecule has 1 rings (SSSR count). The number of rotatable bonds is 6. The van der Waals surface area contributed by atoms with Crippen LogP contribution in [0.2, 0.25) is 0 Å². The highest BCUT2D eigenvalue weighted by atomic mass is 16.5. The first-order valence-corrected chi connectivity index (χ1v) is 4.80. The molecule has 90 valence electrons. The van der Waals surface area contributed by atoms with Crippen LogP contribution in [-0.2, 0) is 11.3 Å². The van der Waals surface area contributed by atoms with E-state index in [9.17, 15) is 0 Å². The van der Waals surface area contributed by atoms with Crippen molar-refractivity contribution in [2.45, 2.75) is 12.6 Å². The molecular formula is C9H16N4O3. The second kappa shape index (κ2) is 6.21. The Labute approximate surface area is 93.3 Å². The number of hydrogen-bond acceptors (Lipinski definition) is 7. The van der Waals surface area contributed by atoms with Crippen LogP contribution in [-0.4, -0.2) is 46.5 Å². The van der Waals surface area contributed by atoms with E-state index in [1.165, 1.54) is 13.2 Å². The van der Waals surface area contributed by atoms with Crippen molar-refractivity contribution in [3.8, 4) is 0 Å². The van der Waals surface area contributed by atoms with Gasteiger partial charge in [-0.1, -0.05) is 0 Å². The van der Waals surface area contributed by atoms with E-state index in [4.69, 9.17) is 20.7 Å². The van der Waals surface area contributed by atoms with Crippen molar-refractivity contribution in [1.82, 2.24) is 9.97 Å². The monoisotopic (exact) mass is 228 g/mol. The predicted octanol–water partition coefficient (Wildman–Crippen LogP) is -1.03. The molecule has 0 spiro atoms. The minimum atomic E-state index is -0.468. The van der Waals surface area contributed by atoms with Crippen LogP contribution in [0.1, 0.15) is 5.82 Å². The van der Waals surface area contributed by atoms with E-state index in [0.717, 1.165) is 0 Å². The molecule has 0 fully saturated rings. The van der Waals surface area contributed by atoms with Gasteiger partial charge in [-0.25, -0.2) is 9.97 Å². The van der Waals surface area contributed by atoms with Crippen LogP contribution in [0.25, 0.3) is 0 Å². The lowest BCUT2D eigenvalue weighted by Gasteiger charge is -2.14. The third-order valence-corrected chi connectivity index (χ3v) is 1.86. The van der Waals surface area contributed by atoms with E-state index < -0.39 is 6.04 Å². The Morgan fingerprint density at radius 1 is 1.44 bits per heavy atom. The smallest absolute Gasteiger partial charge is 0.158 e. The molecule has 0 amide bonds. The molecule has 0 aliphatic carbocycles. The average molecular weight is 228 g/mol.